The van der Waals surface area contributed by atoms with Crippen molar-refractivity contribution >= 4 is 34.8 Å². The number of hydrogen-bond donors (Lipinski definition) is 3. The summed E-state index contributed by atoms with van der Waals surface area (Å²) in [5.41, 5.74) is 2.52. The number of nitrogens with one attached hydrogen (secondary N) is 3. The van der Waals surface area contributed by atoms with E-state index in [0.29, 0.717) is 34.3 Å². The molecule has 1 aliphatic carbocycles. The maximum absolute atomic E-state index is 12.7. The minimum atomic E-state index is -0.237. The van der Waals surface area contributed by atoms with E-state index in [9.17, 15) is 9.59 Å². The Morgan fingerprint density at radius 2 is 1.88 bits per heavy atom. The number of rotatable bonds is 9. The van der Waals surface area contributed by atoms with Gasteiger partial charge in [0.05, 0.1) is 22.8 Å². The fraction of sp³-hybridized carbons (Fsp3) is 0.360. The largest absolute Gasteiger partial charge is 0.487 e. The second-order valence-electron chi connectivity index (χ2n) is 8.15. The third kappa shape index (κ3) is 7.02. The predicted molar refractivity (Wildman–Crippen MR) is 130 cm³/mol. The van der Waals surface area contributed by atoms with E-state index in [2.05, 4.69) is 22.5 Å². The molecule has 2 aromatic rings. The van der Waals surface area contributed by atoms with Crippen molar-refractivity contribution in [3.63, 3.8) is 0 Å². The standard InChI is InChI=1S/C25H30ClN3O3/c1-17(2)16-32-23-11-7-6-10-22(23)29-24(30)15-27-19-12-13-21(26)20(14-19)25(31)28-18-8-4-3-5-9-18/h6-7,10-14,18,27H,1,3-5,8-9,15-16H2,2H3,(H,28,31)(H,29,30). The number of amides is 2. The van der Waals surface area contributed by atoms with Crippen LogP contribution in [0.15, 0.2) is 54.6 Å². The Morgan fingerprint density at radius 3 is 2.62 bits per heavy atom. The molecule has 0 heterocycles. The topological polar surface area (TPSA) is 79.5 Å². The van der Waals surface area contributed by atoms with E-state index in [1.54, 1.807) is 30.3 Å². The van der Waals surface area contributed by atoms with Crippen LogP contribution in [0.3, 0.4) is 0 Å². The van der Waals surface area contributed by atoms with E-state index in [1.807, 2.05) is 19.1 Å². The average Bonchev–Trinajstić information content (AvgIpc) is 2.78. The first kappa shape index (κ1) is 23.7. The van der Waals surface area contributed by atoms with Gasteiger partial charge in [-0.05, 0) is 55.7 Å². The zero-order chi connectivity index (χ0) is 22.9. The second-order valence-corrected chi connectivity index (χ2v) is 8.55. The van der Waals surface area contributed by atoms with E-state index in [-0.39, 0.29) is 24.4 Å². The Balaban J connectivity index is 1.57. The number of ether oxygens (including phenoxy) is 1. The van der Waals surface area contributed by atoms with E-state index in [0.717, 1.165) is 31.3 Å². The third-order valence-corrected chi connectivity index (χ3v) is 5.57. The molecule has 2 amide bonds. The van der Waals surface area contributed by atoms with Crippen LogP contribution in [0.5, 0.6) is 5.75 Å². The van der Waals surface area contributed by atoms with Gasteiger partial charge in [-0.1, -0.05) is 49.6 Å². The van der Waals surface area contributed by atoms with E-state index in [4.69, 9.17) is 16.3 Å². The van der Waals surface area contributed by atoms with Gasteiger partial charge >= 0.3 is 0 Å². The van der Waals surface area contributed by atoms with Crippen LogP contribution in [0.25, 0.3) is 0 Å². The van der Waals surface area contributed by atoms with Gasteiger partial charge < -0.3 is 20.7 Å². The van der Waals surface area contributed by atoms with Crippen molar-refractivity contribution in [1.29, 1.82) is 0 Å². The van der Waals surface area contributed by atoms with E-state index >= 15 is 0 Å². The van der Waals surface area contributed by atoms with Crippen LogP contribution >= 0.6 is 11.6 Å². The smallest absolute Gasteiger partial charge is 0.253 e. The molecule has 3 N–H and O–H groups in total. The van der Waals surface area contributed by atoms with E-state index < -0.39 is 0 Å². The van der Waals surface area contributed by atoms with Crippen LogP contribution in [0.2, 0.25) is 5.02 Å². The van der Waals surface area contributed by atoms with Crippen LogP contribution in [0.4, 0.5) is 11.4 Å². The lowest BCUT2D eigenvalue weighted by atomic mass is 9.95. The normalized spacial score (nSPS) is 13.8. The van der Waals surface area contributed by atoms with Crippen LogP contribution in [-0.4, -0.2) is 31.0 Å². The maximum atomic E-state index is 12.7. The Hall–Kier alpha value is -2.99. The molecule has 1 fully saturated rings. The lowest BCUT2D eigenvalue weighted by molar-refractivity contribution is -0.114. The SMILES string of the molecule is C=C(C)COc1ccccc1NC(=O)CNc1ccc(Cl)c(C(=O)NC2CCCCC2)c1. The Bertz CT molecular complexity index is 971. The lowest BCUT2D eigenvalue weighted by Gasteiger charge is -2.23. The predicted octanol–water partition coefficient (Wildman–Crippen LogP) is 5.41. The molecule has 0 radical (unpaired) electrons. The first-order chi connectivity index (χ1) is 15.4. The first-order valence-corrected chi connectivity index (χ1v) is 11.3. The summed E-state index contributed by atoms with van der Waals surface area (Å²) in [5, 5.41) is 9.36. The quantitative estimate of drug-likeness (QED) is 0.442. The molecule has 1 aliphatic rings. The van der Waals surface area contributed by atoms with Gasteiger partial charge in [-0.2, -0.15) is 0 Å². The molecule has 170 valence electrons. The van der Waals surface area contributed by atoms with Crippen molar-refractivity contribution in [2.45, 2.75) is 45.1 Å². The molecule has 3 rings (SSSR count). The third-order valence-electron chi connectivity index (χ3n) is 5.24. The van der Waals surface area contributed by atoms with Crippen LogP contribution in [-0.2, 0) is 4.79 Å². The monoisotopic (exact) mass is 455 g/mol. The highest BCUT2D eigenvalue weighted by Crippen LogP contribution is 2.25. The molecule has 0 spiro atoms. The minimum Gasteiger partial charge on any atom is -0.487 e. The van der Waals surface area contributed by atoms with Crippen molar-refractivity contribution in [2.24, 2.45) is 0 Å². The number of anilines is 2. The summed E-state index contributed by atoms with van der Waals surface area (Å²) in [6, 6.07) is 12.5. The molecule has 6 nitrogen and oxygen atoms in total. The number of carbonyl (C=O) groups excluding carboxylic acids is 2. The highest BCUT2D eigenvalue weighted by molar-refractivity contribution is 6.34. The summed E-state index contributed by atoms with van der Waals surface area (Å²) < 4.78 is 5.69. The molecular formula is C25H30ClN3O3. The molecule has 0 bridgehead atoms. The molecule has 0 saturated heterocycles. The molecule has 0 aromatic heterocycles. The number of carbonyl (C=O) groups is 2. The van der Waals surface area contributed by atoms with Crippen molar-refractivity contribution in [3.05, 3.63) is 65.2 Å². The summed E-state index contributed by atoms with van der Waals surface area (Å²) in [7, 11) is 0. The molecule has 1 saturated carbocycles. The van der Waals surface area contributed by atoms with Gasteiger partial charge in [0.2, 0.25) is 5.91 Å². The fourth-order valence-corrected chi connectivity index (χ4v) is 3.80. The van der Waals surface area contributed by atoms with Gasteiger partial charge in [0, 0.05) is 11.7 Å². The van der Waals surface area contributed by atoms with Gasteiger partial charge in [0.1, 0.15) is 12.4 Å². The van der Waals surface area contributed by atoms with Gasteiger partial charge in [-0.15, -0.1) is 0 Å². The number of hydrogen-bond acceptors (Lipinski definition) is 4. The first-order valence-electron chi connectivity index (χ1n) is 10.9. The Kier molecular flexibility index (Phi) is 8.56. The van der Waals surface area contributed by atoms with Crippen molar-refractivity contribution in [3.8, 4) is 5.75 Å². The van der Waals surface area contributed by atoms with Gasteiger partial charge in [-0.3, -0.25) is 9.59 Å². The molecule has 7 heteroatoms. The molecule has 2 aromatic carbocycles. The van der Waals surface area contributed by atoms with Crippen molar-refractivity contribution in [1.82, 2.24) is 5.32 Å². The molecule has 0 aliphatic heterocycles. The summed E-state index contributed by atoms with van der Waals surface area (Å²) in [6.45, 7) is 6.10. The van der Waals surface area contributed by atoms with Crippen molar-refractivity contribution in [2.75, 3.05) is 23.8 Å². The fourth-order valence-electron chi connectivity index (χ4n) is 3.59. The van der Waals surface area contributed by atoms with Gasteiger partial charge in [-0.25, -0.2) is 0 Å². The van der Waals surface area contributed by atoms with Crippen LogP contribution in [0.1, 0.15) is 49.4 Å². The zero-order valence-electron chi connectivity index (χ0n) is 18.4. The number of halogens is 1. The molecular weight excluding hydrogens is 426 g/mol. The summed E-state index contributed by atoms with van der Waals surface area (Å²) in [4.78, 5) is 25.2. The highest BCUT2D eigenvalue weighted by atomic mass is 35.5. The summed E-state index contributed by atoms with van der Waals surface area (Å²) in [5.74, 6) is 0.162. The number of benzene rings is 2. The minimum absolute atomic E-state index is 0.0279. The van der Waals surface area contributed by atoms with Gasteiger partial charge in [0.25, 0.3) is 5.91 Å². The Labute approximate surface area is 194 Å². The maximum Gasteiger partial charge on any atom is 0.253 e. The summed E-state index contributed by atoms with van der Waals surface area (Å²) >= 11 is 6.26. The lowest BCUT2D eigenvalue weighted by Crippen LogP contribution is -2.36. The van der Waals surface area contributed by atoms with E-state index in [1.165, 1.54) is 6.42 Å². The summed E-state index contributed by atoms with van der Waals surface area (Å²) in [6.07, 6.45) is 5.49. The van der Waals surface area contributed by atoms with Crippen LogP contribution in [0, 0.1) is 0 Å². The van der Waals surface area contributed by atoms with Gasteiger partial charge in [0.15, 0.2) is 0 Å². The molecule has 32 heavy (non-hydrogen) atoms. The highest BCUT2D eigenvalue weighted by Gasteiger charge is 2.19. The second kappa shape index (κ2) is 11.6. The number of para-hydroxylation sites is 2. The average molecular weight is 456 g/mol. The molecule has 0 unspecified atom stereocenters. The van der Waals surface area contributed by atoms with Crippen LogP contribution < -0.4 is 20.7 Å². The van der Waals surface area contributed by atoms with Crippen molar-refractivity contribution < 1.29 is 14.3 Å². The molecule has 0 atom stereocenters. The zero-order valence-corrected chi connectivity index (χ0v) is 19.1. The Morgan fingerprint density at radius 1 is 1.12 bits per heavy atom.